The van der Waals surface area contributed by atoms with Crippen molar-refractivity contribution in [3.05, 3.63) is 100 Å². The van der Waals surface area contributed by atoms with Gasteiger partial charge in [-0.1, -0.05) is 54.6 Å². The van der Waals surface area contributed by atoms with E-state index in [1.54, 1.807) is 24.3 Å². The van der Waals surface area contributed by atoms with Gasteiger partial charge in [0.25, 0.3) is 17.1 Å². The SMILES string of the molecule is COc1cc(/C=C2\SC(=O)N(CCOc3cccc4ccccc34)C2=O)ccc1OCC(=O)Nc1cccc(C)c1C. The van der Waals surface area contributed by atoms with Crippen LogP contribution >= 0.6 is 11.8 Å². The second kappa shape index (κ2) is 12.8. The van der Waals surface area contributed by atoms with Crippen molar-refractivity contribution in [2.24, 2.45) is 0 Å². The van der Waals surface area contributed by atoms with Crippen LogP contribution < -0.4 is 19.5 Å². The number of hydrogen-bond donors (Lipinski definition) is 1. The monoisotopic (exact) mass is 582 g/mol. The van der Waals surface area contributed by atoms with Gasteiger partial charge in [-0.05, 0) is 78.0 Å². The highest BCUT2D eigenvalue weighted by molar-refractivity contribution is 8.18. The van der Waals surface area contributed by atoms with Gasteiger partial charge in [0.15, 0.2) is 18.1 Å². The van der Waals surface area contributed by atoms with Crippen LogP contribution in [0.15, 0.2) is 83.8 Å². The molecule has 9 heteroatoms. The van der Waals surface area contributed by atoms with Crippen molar-refractivity contribution in [1.29, 1.82) is 0 Å². The molecule has 0 unspecified atom stereocenters. The number of amides is 3. The Bertz CT molecular complexity index is 1690. The molecule has 1 heterocycles. The number of nitrogens with one attached hydrogen (secondary N) is 1. The van der Waals surface area contributed by atoms with E-state index in [2.05, 4.69) is 5.32 Å². The number of rotatable bonds is 10. The first-order valence-electron chi connectivity index (χ1n) is 13.4. The summed E-state index contributed by atoms with van der Waals surface area (Å²) in [5.41, 5.74) is 3.46. The molecular formula is C33H30N2O6S. The molecule has 0 spiro atoms. The predicted octanol–water partition coefficient (Wildman–Crippen LogP) is 6.60. The summed E-state index contributed by atoms with van der Waals surface area (Å²) in [5.74, 6) is 0.796. The predicted molar refractivity (Wildman–Crippen MR) is 165 cm³/mol. The lowest BCUT2D eigenvalue weighted by Gasteiger charge is -2.14. The maximum absolute atomic E-state index is 13.0. The van der Waals surface area contributed by atoms with Gasteiger partial charge >= 0.3 is 0 Å². The summed E-state index contributed by atoms with van der Waals surface area (Å²) in [7, 11) is 1.49. The molecule has 42 heavy (non-hydrogen) atoms. The first kappa shape index (κ1) is 28.8. The van der Waals surface area contributed by atoms with Gasteiger partial charge in [-0.25, -0.2) is 0 Å². The Morgan fingerprint density at radius 2 is 1.69 bits per heavy atom. The van der Waals surface area contributed by atoms with Crippen LogP contribution in [0.2, 0.25) is 0 Å². The molecule has 0 aliphatic carbocycles. The summed E-state index contributed by atoms with van der Waals surface area (Å²) in [6.45, 7) is 4.03. The summed E-state index contributed by atoms with van der Waals surface area (Å²) in [6, 6.07) is 24.4. The van der Waals surface area contributed by atoms with Gasteiger partial charge < -0.3 is 19.5 Å². The molecule has 214 valence electrons. The van der Waals surface area contributed by atoms with Gasteiger partial charge in [-0.3, -0.25) is 19.3 Å². The van der Waals surface area contributed by atoms with Gasteiger partial charge in [0, 0.05) is 11.1 Å². The lowest BCUT2D eigenvalue weighted by Crippen LogP contribution is -2.32. The molecule has 8 nitrogen and oxygen atoms in total. The first-order valence-corrected chi connectivity index (χ1v) is 14.2. The van der Waals surface area contributed by atoms with Crippen LogP contribution in [-0.4, -0.2) is 48.8 Å². The number of aryl methyl sites for hydroxylation is 1. The Morgan fingerprint density at radius 3 is 2.52 bits per heavy atom. The molecule has 0 bridgehead atoms. The number of fused-ring (bicyclic) bond motifs is 1. The number of hydrogen-bond acceptors (Lipinski definition) is 7. The second-order valence-corrected chi connectivity index (χ2v) is 10.6. The van der Waals surface area contributed by atoms with Crippen molar-refractivity contribution in [2.75, 3.05) is 32.2 Å². The summed E-state index contributed by atoms with van der Waals surface area (Å²) >= 11 is 0.878. The van der Waals surface area contributed by atoms with Crippen LogP contribution in [0.4, 0.5) is 10.5 Å². The fourth-order valence-electron chi connectivity index (χ4n) is 4.52. The standard InChI is InChI=1S/C33H30N2O6S/c1-21-8-6-12-26(22(21)2)34-31(36)20-41-28-15-14-23(18-29(28)39-3)19-30-32(37)35(33(38)42-30)16-17-40-27-13-7-10-24-9-4-5-11-25(24)27/h4-15,18-19H,16-17,20H2,1-3H3,(H,34,36)/b30-19-. The molecule has 0 saturated carbocycles. The molecule has 4 aromatic carbocycles. The van der Waals surface area contributed by atoms with E-state index in [1.165, 1.54) is 12.0 Å². The minimum atomic E-state index is -0.381. The average Bonchev–Trinajstić information content (AvgIpc) is 3.26. The van der Waals surface area contributed by atoms with Crippen LogP contribution in [0, 0.1) is 13.8 Å². The summed E-state index contributed by atoms with van der Waals surface area (Å²) in [6.07, 6.45) is 1.63. The Kier molecular flexibility index (Phi) is 8.78. The third kappa shape index (κ3) is 6.42. The number of benzene rings is 4. The highest BCUT2D eigenvalue weighted by Crippen LogP contribution is 2.35. The molecular weight excluding hydrogens is 552 g/mol. The number of carbonyl (C=O) groups is 3. The first-order chi connectivity index (χ1) is 20.3. The van der Waals surface area contributed by atoms with Crippen LogP contribution in [0.1, 0.15) is 16.7 Å². The molecule has 0 aromatic heterocycles. The smallest absolute Gasteiger partial charge is 0.293 e. The molecule has 1 aliphatic heterocycles. The molecule has 3 amide bonds. The maximum Gasteiger partial charge on any atom is 0.293 e. The van der Waals surface area contributed by atoms with Gasteiger partial charge in [0.1, 0.15) is 12.4 Å². The Balaban J connectivity index is 1.19. The normalized spacial score (nSPS) is 14.0. The molecule has 1 saturated heterocycles. The summed E-state index contributed by atoms with van der Waals surface area (Å²) in [5, 5.41) is 4.53. The molecule has 1 fully saturated rings. The summed E-state index contributed by atoms with van der Waals surface area (Å²) in [4.78, 5) is 39.6. The van der Waals surface area contributed by atoms with Gasteiger partial charge in [0.2, 0.25) is 0 Å². The Labute approximate surface area is 248 Å². The van der Waals surface area contributed by atoms with E-state index >= 15 is 0 Å². The van der Waals surface area contributed by atoms with E-state index in [1.807, 2.05) is 74.5 Å². The third-order valence-corrected chi connectivity index (χ3v) is 7.83. The topological polar surface area (TPSA) is 94.2 Å². The van der Waals surface area contributed by atoms with Crippen LogP contribution in [0.25, 0.3) is 16.8 Å². The number of methoxy groups -OCH3 is 1. The number of ether oxygens (including phenoxy) is 3. The highest BCUT2D eigenvalue weighted by Gasteiger charge is 2.34. The Hall–Kier alpha value is -4.76. The van der Waals surface area contributed by atoms with E-state index in [9.17, 15) is 14.4 Å². The van der Waals surface area contributed by atoms with E-state index in [4.69, 9.17) is 14.2 Å². The number of imide groups is 1. The van der Waals surface area contributed by atoms with Crippen molar-refractivity contribution in [2.45, 2.75) is 13.8 Å². The van der Waals surface area contributed by atoms with Crippen molar-refractivity contribution in [3.63, 3.8) is 0 Å². The number of nitrogens with zero attached hydrogens (tertiary/aromatic N) is 1. The number of thioether (sulfide) groups is 1. The minimum Gasteiger partial charge on any atom is -0.493 e. The van der Waals surface area contributed by atoms with Crippen LogP contribution in [-0.2, 0) is 9.59 Å². The number of anilines is 1. The summed E-state index contributed by atoms with van der Waals surface area (Å²) < 4.78 is 17.1. The third-order valence-electron chi connectivity index (χ3n) is 6.92. The molecule has 0 atom stereocenters. The van der Waals surface area contributed by atoms with E-state index in [0.29, 0.717) is 27.7 Å². The largest absolute Gasteiger partial charge is 0.493 e. The molecule has 4 aromatic rings. The van der Waals surface area contributed by atoms with Crippen molar-refractivity contribution >= 4 is 51.4 Å². The molecule has 1 N–H and O–H groups in total. The minimum absolute atomic E-state index is 0.130. The number of carbonyl (C=O) groups excluding carboxylic acids is 3. The highest BCUT2D eigenvalue weighted by atomic mass is 32.2. The average molecular weight is 583 g/mol. The van der Waals surface area contributed by atoms with Crippen molar-refractivity contribution in [1.82, 2.24) is 4.90 Å². The van der Waals surface area contributed by atoms with Gasteiger partial charge in [-0.15, -0.1) is 0 Å². The van der Waals surface area contributed by atoms with Crippen molar-refractivity contribution in [3.8, 4) is 17.2 Å². The fraction of sp³-hybridized carbons (Fsp3) is 0.182. The van der Waals surface area contributed by atoms with E-state index < -0.39 is 0 Å². The van der Waals surface area contributed by atoms with Crippen molar-refractivity contribution < 1.29 is 28.6 Å². The lowest BCUT2D eigenvalue weighted by atomic mass is 10.1. The fourth-order valence-corrected chi connectivity index (χ4v) is 5.39. The van der Waals surface area contributed by atoms with E-state index in [-0.39, 0.29) is 36.8 Å². The quantitative estimate of drug-likeness (QED) is 0.211. The molecule has 0 radical (unpaired) electrons. The van der Waals surface area contributed by atoms with Crippen LogP contribution in [0.3, 0.4) is 0 Å². The maximum atomic E-state index is 13.0. The van der Waals surface area contributed by atoms with Gasteiger partial charge in [-0.2, -0.15) is 0 Å². The zero-order valence-electron chi connectivity index (χ0n) is 23.5. The van der Waals surface area contributed by atoms with Gasteiger partial charge in [0.05, 0.1) is 18.6 Å². The molecule has 5 rings (SSSR count). The Morgan fingerprint density at radius 1 is 0.905 bits per heavy atom. The zero-order valence-corrected chi connectivity index (χ0v) is 24.3. The van der Waals surface area contributed by atoms with Crippen LogP contribution in [0.5, 0.6) is 17.2 Å². The lowest BCUT2D eigenvalue weighted by molar-refractivity contribution is -0.123. The molecule has 1 aliphatic rings. The zero-order chi connectivity index (χ0) is 29.6. The van der Waals surface area contributed by atoms with E-state index in [0.717, 1.165) is 39.3 Å². The second-order valence-electron chi connectivity index (χ2n) is 9.65.